The largest absolute Gasteiger partial charge is 0.497 e. The zero-order chi connectivity index (χ0) is 23.2. The average molecular weight is 448 g/mol. The van der Waals surface area contributed by atoms with E-state index in [0.29, 0.717) is 40.6 Å². The summed E-state index contributed by atoms with van der Waals surface area (Å²) in [6, 6.07) is 15.3. The number of ketones is 1. The predicted octanol–water partition coefficient (Wildman–Crippen LogP) is 5.60. The number of anilines is 1. The molecular formula is C26H26ClN3O2. The topological polar surface area (TPSA) is 79.3 Å². The van der Waals surface area contributed by atoms with Crippen LogP contribution in [0.25, 0.3) is 0 Å². The second kappa shape index (κ2) is 8.03. The molecule has 1 aliphatic carbocycles. The summed E-state index contributed by atoms with van der Waals surface area (Å²) >= 11 is 6.32. The molecule has 6 heteroatoms. The molecule has 2 aromatic carbocycles. The van der Waals surface area contributed by atoms with E-state index in [9.17, 15) is 10.1 Å². The lowest BCUT2D eigenvalue weighted by Crippen LogP contribution is -2.42. The highest BCUT2D eigenvalue weighted by molar-refractivity contribution is 6.30. The maximum Gasteiger partial charge on any atom is 0.162 e. The third-order valence-electron chi connectivity index (χ3n) is 6.24. The molecule has 32 heavy (non-hydrogen) atoms. The molecule has 0 unspecified atom stereocenters. The van der Waals surface area contributed by atoms with Crippen LogP contribution in [0.3, 0.4) is 0 Å². The van der Waals surface area contributed by atoms with Crippen LogP contribution in [0.5, 0.6) is 5.75 Å². The number of rotatable bonds is 3. The van der Waals surface area contributed by atoms with Gasteiger partial charge in [0.15, 0.2) is 5.78 Å². The van der Waals surface area contributed by atoms with E-state index in [-0.39, 0.29) is 11.2 Å². The summed E-state index contributed by atoms with van der Waals surface area (Å²) in [5, 5.41) is 10.7. The normalized spacial score (nSPS) is 20.2. The molecule has 0 saturated heterocycles. The van der Waals surface area contributed by atoms with Crippen molar-refractivity contribution >= 4 is 23.1 Å². The molecule has 0 amide bonds. The first kappa shape index (κ1) is 22.0. The number of nitriles is 1. The van der Waals surface area contributed by atoms with Gasteiger partial charge in [0.05, 0.1) is 30.4 Å². The maximum atomic E-state index is 13.5. The SMILES string of the molecule is COc1ccc([C@@H]2C(C#N)=C(N)N(c3cc(Cl)ccc3C)C3=C2C(=O)CC(C)(C)C3)cc1. The zero-order valence-electron chi connectivity index (χ0n) is 18.7. The lowest BCUT2D eigenvalue weighted by Gasteiger charge is -2.44. The quantitative estimate of drug-likeness (QED) is 0.662. The Bertz CT molecular complexity index is 1200. The van der Waals surface area contributed by atoms with Crippen LogP contribution < -0.4 is 15.4 Å². The van der Waals surface area contributed by atoms with Crippen LogP contribution in [0.1, 0.15) is 43.7 Å². The molecule has 0 radical (unpaired) electrons. The number of nitrogens with two attached hydrogens (primary N) is 1. The number of hydrogen-bond donors (Lipinski definition) is 1. The summed E-state index contributed by atoms with van der Waals surface area (Å²) < 4.78 is 5.28. The monoisotopic (exact) mass is 447 g/mol. The van der Waals surface area contributed by atoms with Crippen molar-refractivity contribution in [3.8, 4) is 11.8 Å². The van der Waals surface area contributed by atoms with Crippen LogP contribution in [0.15, 0.2) is 65.1 Å². The number of methoxy groups -OCH3 is 1. The summed E-state index contributed by atoms with van der Waals surface area (Å²) in [5.41, 5.74) is 10.9. The van der Waals surface area contributed by atoms with Crippen molar-refractivity contribution in [1.29, 1.82) is 5.26 Å². The first-order chi connectivity index (χ1) is 15.2. The van der Waals surface area contributed by atoms with Gasteiger partial charge < -0.3 is 10.5 Å². The minimum absolute atomic E-state index is 0.0435. The fourth-order valence-electron chi connectivity index (χ4n) is 4.74. The average Bonchev–Trinajstić information content (AvgIpc) is 2.74. The van der Waals surface area contributed by atoms with Gasteiger partial charge in [0, 0.05) is 22.7 Å². The number of aryl methyl sites for hydroxylation is 1. The van der Waals surface area contributed by atoms with Crippen molar-refractivity contribution < 1.29 is 9.53 Å². The fourth-order valence-corrected chi connectivity index (χ4v) is 4.90. The van der Waals surface area contributed by atoms with Crippen LogP contribution >= 0.6 is 11.6 Å². The molecule has 0 saturated carbocycles. The number of halogens is 1. The number of benzene rings is 2. The Morgan fingerprint density at radius 1 is 1.19 bits per heavy atom. The second-order valence-corrected chi connectivity index (χ2v) is 9.62. The minimum atomic E-state index is -0.514. The molecular weight excluding hydrogens is 422 g/mol. The number of allylic oxidation sites excluding steroid dienone is 3. The molecule has 1 heterocycles. The molecule has 2 N–H and O–H groups in total. The van der Waals surface area contributed by atoms with Crippen molar-refractivity contribution in [2.45, 2.75) is 39.5 Å². The number of hydrogen-bond acceptors (Lipinski definition) is 5. The van der Waals surface area contributed by atoms with E-state index >= 15 is 0 Å². The van der Waals surface area contributed by atoms with Crippen LogP contribution in [0, 0.1) is 23.7 Å². The third-order valence-corrected chi connectivity index (χ3v) is 6.48. The van der Waals surface area contributed by atoms with E-state index in [2.05, 4.69) is 19.9 Å². The Hall–Kier alpha value is -3.23. The number of Topliss-reactive ketones (excluding diaryl/α,β-unsaturated/α-hetero) is 1. The zero-order valence-corrected chi connectivity index (χ0v) is 19.5. The van der Waals surface area contributed by atoms with E-state index in [0.717, 1.165) is 22.5 Å². The van der Waals surface area contributed by atoms with E-state index in [1.165, 1.54) is 0 Å². The molecule has 1 atom stereocenters. The van der Waals surface area contributed by atoms with Crippen molar-refractivity contribution in [3.05, 3.63) is 81.3 Å². The summed E-state index contributed by atoms with van der Waals surface area (Å²) in [4.78, 5) is 15.4. The summed E-state index contributed by atoms with van der Waals surface area (Å²) in [6.07, 6.45) is 1.07. The molecule has 0 fully saturated rings. The van der Waals surface area contributed by atoms with Gasteiger partial charge in [0.1, 0.15) is 11.6 Å². The molecule has 5 nitrogen and oxygen atoms in total. The molecule has 2 aromatic rings. The van der Waals surface area contributed by atoms with Gasteiger partial charge in [0.2, 0.25) is 0 Å². The van der Waals surface area contributed by atoms with Gasteiger partial charge in [-0.05, 0) is 54.2 Å². The minimum Gasteiger partial charge on any atom is -0.497 e. The Labute approximate surface area is 193 Å². The smallest absolute Gasteiger partial charge is 0.162 e. The van der Waals surface area contributed by atoms with Crippen LogP contribution in [0.4, 0.5) is 5.69 Å². The first-order valence-electron chi connectivity index (χ1n) is 10.5. The number of ether oxygens (including phenoxy) is 1. The Balaban J connectivity index is 2.00. The van der Waals surface area contributed by atoms with E-state index in [1.54, 1.807) is 7.11 Å². The second-order valence-electron chi connectivity index (χ2n) is 9.18. The van der Waals surface area contributed by atoms with Crippen molar-refractivity contribution in [2.24, 2.45) is 11.1 Å². The van der Waals surface area contributed by atoms with Gasteiger partial charge in [-0.2, -0.15) is 5.26 Å². The number of carbonyl (C=O) groups excluding carboxylic acids is 1. The van der Waals surface area contributed by atoms with Gasteiger partial charge in [-0.3, -0.25) is 9.69 Å². The maximum absolute atomic E-state index is 13.5. The van der Waals surface area contributed by atoms with E-state index in [1.807, 2.05) is 54.3 Å². The van der Waals surface area contributed by atoms with Crippen molar-refractivity contribution in [2.75, 3.05) is 12.0 Å². The molecule has 164 valence electrons. The lowest BCUT2D eigenvalue weighted by atomic mass is 9.68. The highest BCUT2D eigenvalue weighted by atomic mass is 35.5. The van der Waals surface area contributed by atoms with Crippen LogP contribution in [-0.2, 0) is 4.79 Å². The van der Waals surface area contributed by atoms with Gasteiger partial charge in [-0.1, -0.05) is 43.6 Å². The summed E-state index contributed by atoms with van der Waals surface area (Å²) in [5.74, 6) is 0.576. The first-order valence-corrected chi connectivity index (χ1v) is 10.9. The van der Waals surface area contributed by atoms with E-state index < -0.39 is 5.92 Å². The van der Waals surface area contributed by atoms with Gasteiger partial charge in [0.25, 0.3) is 0 Å². The van der Waals surface area contributed by atoms with E-state index in [4.69, 9.17) is 22.1 Å². The Morgan fingerprint density at radius 2 is 1.88 bits per heavy atom. The molecule has 0 spiro atoms. The standard InChI is InChI=1S/C26H26ClN3O2/c1-15-5-8-17(27)11-20(15)30-21-12-26(2,3)13-22(31)24(21)23(19(14-28)25(30)29)16-6-9-18(32-4)10-7-16/h5-11,23H,12-13,29H2,1-4H3/t23-/m1/s1. The summed E-state index contributed by atoms with van der Waals surface area (Å²) in [7, 11) is 1.60. The van der Waals surface area contributed by atoms with Crippen LogP contribution in [-0.4, -0.2) is 12.9 Å². The predicted molar refractivity (Wildman–Crippen MR) is 126 cm³/mol. The summed E-state index contributed by atoms with van der Waals surface area (Å²) in [6.45, 7) is 6.14. The number of nitrogens with zero attached hydrogens (tertiary/aromatic N) is 2. The molecule has 1 aliphatic heterocycles. The highest BCUT2D eigenvalue weighted by Crippen LogP contribution is 2.50. The number of carbonyl (C=O) groups is 1. The van der Waals surface area contributed by atoms with Crippen molar-refractivity contribution in [3.63, 3.8) is 0 Å². The van der Waals surface area contributed by atoms with Gasteiger partial charge in [-0.15, -0.1) is 0 Å². The molecule has 0 bridgehead atoms. The molecule has 2 aliphatic rings. The van der Waals surface area contributed by atoms with Gasteiger partial charge in [-0.25, -0.2) is 0 Å². The van der Waals surface area contributed by atoms with Crippen molar-refractivity contribution in [1.82, 2.24) is 0 Å². The van der Waals surface area contributed by atoms with Crippen LogP contribution in [0.2, 0.25) is 5.02 Å². The Kier molecular flexibility index (Phi) is 5.52. The highest BCUT2D eigenvalue weighted by Gasteiger charge is 2.44. The fraction of sp³-hybridized carbons (Fsp3) is 0.308. The molecule has 0 aromatic heterocycles. The molecule has 4 rings (SSSR count). The lowest BCUT2D eigenvalue weighted by molar-refractivity contribution is -0.118. The van der Waals surface area contributed by atoms with Gasteiger partial charge >= 0.3 is 0 Å². The third kappa shape index (κ3) is 3.65. The Morgan fingerprint density at radius 3 is 2.50 bits per heavy atom.